The Morgan fingerprint density at radius 2 is 1.82 bits per heavy atom. The van der Waals surface area contributed by atoms with Crippen molar-refractivity contribution in [2.45, 2.75) is 39.0 Å². The highest BCUT2D eigenvalue weighted by atomic mass is 19.1. The summed E-state index contributed by atoms with van der Waals surface area (Å²) < 4.78 is 19.8. The monoisotopic (exact) mass is 464 g/mol. The fraction of sp³-hybridized carbons (Fsp3) is 0.280. The Bertz CT molecular complexity index is 1210. The molecule has 2 heterocycles. The van der Waals surface area contributed by atoms with Crippen LogP contribution < -0.4 is 5.32 Å². The minimum atomic E-state index is -1.31. The average molecular weight is 464 g/mol. The van der Waals surface area contributed by atoms with E-state index in [4.69, 9.17) is 4.74 Å². The van der Waals surface area contributed by atoms with Crippen LogP contribution in [-0.4, -0.2) is 44.6 Å². The van der Waals surface area contributed by atoms with Crippen molar-refractivity contribution in [3.05, 3.63) is 89.0 Å². The van der Waals surface area contributed by atoms with E-state index in [-0.39, 0.29) is 43.5 Å². The maximum Gasteiger partial charge on any atom is 0.358 e. The number of rotatable bonds is 7. The Hall–Kier alpha value is -4.01. The summed E-state index contributed by atoms with van der Waals surface area (Å²) in [6, 6.07) is 16.5. The van der Waals surface area contributed by atoms with Gasteiger partial charge in [-0.3, -0.25) is 14.3 Å². The molecule has 2 aromatic carbocycles. The number of nitrogens with one attached hydrogen (secondary N) is 1. The molecule has 1 aliphatic heterocycles. The van der Waals surface area contributed by atoms with Crippen LogP contribution in [-0.2, 0) is 29.2 Å². The first-order valence-electron chi connectivity index (χ1n) is 11.0. The summed E-state index contributed by atoms with van der Waals surface area (Å²) in [7, 11) is 0. The molecule has 2 amide bonds. The standard InChI is InChI=1S/C25H25FN4O4/c1-3-34-23(32)20-13-21-22(31)29(15-18-9-11-19(26)12-10-18)25(2,16-30(21)28-20)24(33)27-14-17-7-5-4-6-8-17/h4-13H,3,14-16H2,1-2H3,(H,27,33)/t25-/m0/s1. The van der Waals surface area contributed by atoms with Crippen LogP contribution in [0.25, 0.3) is 0 Å². The fourth-order valence-electron chi connectivity index (χ4n) is 3.94. The third-order valence-electron chi connectivity index (χ3n) is 5.82. The van der Waals surface area contributed by atoms with Crippen LogP contribution in [0.2, 0.25) is 0 Å². The molecular formula is C25H25FN4O4. The zero-order chi connectivity index (χ0) is 24.3. The molecule has 1 aromatic heterocycles. The van der Waals surface area contributed by atoms with Crippen molar-refractivity contribution in [1.82, 2.24) is 20.0 Å². The number of amides is 2. The number of nitrogens with zero attached hydrogens (tertiary/aromatic N) is 3. The largest absolute Gasteiger partial charge is 0.461 e. The molecule has 0 saturated carbocycles. The number of ether oxygens (including phenoxy) is 1. The van der Waals surface area contributed by atoms with Crippen molar-refractivity contribution in [3.63, 3.8) is 0 Å². The van der Waals surface area contributed by atoms with Gasteiger partial charge >= 0.3 is 5.97 Å². The number of fused-ring (bicyclic) bond motifs is 1. The predicted octanol–water partition coefficient (Wildman–Crippen LogP) is 2.93. The molecule has 0 unspecified atom stereocenters. The smallest absolute Gasteiger partial charge is 0.358 e. The van der Waals surface area contributed by atoms with Gasteiger partial charge in [-0.1, -0.05) is 42.5 Å². The van der Waals surface area contributed by atoms with Crippen molar-refractivity contribution in [2.75, 3.05) is 6.61 Å². The second-order valence-corrected chi connectivity index (χ2v) is 8.25. The number of carbonyl (C=O) groups excluding carboxylic acids is 3. The zero-order valence-corrected chi connectivity index (χ0v) is 19.0. The molecule has 0 aliphatic carbocycles. The molecule has 9 heteroatoms. The van der Waals surface area contributed by atoms with Gasteiger partial charge in [-0.15, -0.1) is 0 Å². The second-order valence-electron chi connectivity index (χ2n) is 8.25. The van der Waals surface area contributed by atoms with Crippen molar-refractivity contribution in [1.29, 1.82) is 0 Å². The number of benzene rings is 2. The predicted molar refractivity (Wildman–Crippen MR) is 121 cm³/mol. The quantitative estimate of drug-likeness (QED) is 0.543. The molecule has 4 rings (SSSR count). The molecule has 8 nitrogen and oxygen atoms in total. The molecule has 0 spiro atoms. The van der Waals surface area contributed by atoms with E-state index in [1.54, 1.807) is 26.0 Å². The molecule has 1 aliphatic rings. The van der Waals surface area contributed by atoms with Crippen molar-refractivity contribution >= 4 is 17.8 Å². The van der Waals surface area contributed by atoms with Gasteiger partial charge in [-0.05, 0) is 37.1 Å². The summed E-state index contributed by atoms with van der Waals surface area (Å²) in [4.78, 5) is 40.6. The van der Waals surface area contributed by atoms with E-state index in [2.05, 4.69) is 10.4 Å². The maximum absolute atomic E-state index is 13.5. The van der Waals surface area contributed by atoms with E-state index < -0.39 is 23.2 Å². The summed E-state index contributed by atoms with van der Waals surface area (Å²) in [5.41, 5.74) is 0.441. The third-order valence-corrected chi connectivity index (χ3v) is 5.82. The van der Waals surface area contributed by atoms with Gasteiger partial charge in [0.25, 0.3) is 5.91 Å². The van der Waals surface area contributed by atoms with Crippen LogP contribution in [0.15, 0.2) is 60.7 Å². The molecule has 0 bridgehead atoms. The van der Waals surface area contributed by atoms with Gasteiger partial charge in [-0.25, -0.2) is 9.18 Å². The first-order chi connectivity index (χ1) is 16.3. The molecule has 0 saturated heterocycles. The highest BCUT2D eigenvalue weighted by Gasteiger charge is 2.48. The van der Waals surface area contributed by atoms with E-state index >= 15 is 0 Å². The van der Waals surface area contributed by atoms with Gasteiger partial charge < -0.3 is 15.0 Å². The zero-order valence-electron chi connectivity index (χ0n) is 19.0. The molecule has 0 fully saturated rings. The minimum Gasteiger partial charge on any atom is -0.461 e. The summed E-state index contributed by atoms with van der Waals surface area (Å²) in [6.07, 6.45) is 0. The third kappa shape index (κ3) is 4.54. The molecule has 176 valence electrons. The normalized spacial score (nSPS) is 17.3. The van der Waals surface area contributed by atoms with Crippen LogP contribution in [0.1, 0.15) is 46.0 Å². The number of halogens is 1. The minimum absolute atomic E-state index is 0.000811. The summed E-state index contributed by atoms with van der Waals surface area (Å²) in [5, 5.41) is 7.14. The number of hydrogen-bond donors (Lipinski definition) is 1. The van der Waals surface area contributed by atoms with Gasteiger partial charge in [0.15, 0.2) is 5.69 Å². The molecule has 0 radical (unpaired) electrons. The van der Waals surface area contributed by atoms with Crippen LogP contribution in [0, 0.1) is 5.82 Å². The SMILES string of the molecule is CCOC(=O)c1cc2n(n1)C[C@@](C)(C(=O)NCc1ccccc1)N(Cc1ccc(F)cc1)C2=O. The highest BCUT2D eigenvalue weighted by Crippen LogP contribution is 2.30. The molecule has 1 N–H and O–H groups in total. The molecule has 1 atom stereocenters. The van der Waals surface area contributed by atoms with E-state index in [1.165, 1.54) is 27.8 Å². The van der Waals surface area contributed by atoms with Gasteiger partial charge in [0.1, 0.15) is 17.1 Å². The van der Waals surface area contributed by atoms with E-state index in [9.17, 15) is 18.8 Å². The lowest BCUT2D eigenvalue weighted by Gasteiger charge is -2.43. The second kappa shape index (κ2) is 9.46. The van der Waals surface area contributed by atoms with E-state index in [1.807, 2.05) is 30.3 Å². The summed E-state index contributed by atoms with van der Waals surface area (Å²) in [5.74, 6) is -1.87. The van der Waals surface area contributed by atoms with Gasteiger partial charge in [-0.2, -0.15) is 5.10 Å². The lowest BCUT2D eigenvalue weighted by molar-refractivity contribution is -0.133. The fourth-order valence-corrected chi connectivity index (χ4v) is 3.94. The van der Waals surface area contributed by atoms with Gasteiger partial charge in [0, 0.05) is 19.2 Å². The lowest BCUT2D eigenvalue weighted by atomic mass is 9.94. The number of esters is 1. The van der Waals surface area contributed by atoms with Crippen LogP contribution in [0.3, 0.4) is 0 Å². The Morgan fingerprint density at radius 3 is 2.50 bits per heavy atom. The first kappa shape index (κ1) is 23.2. The van der Waals surface area contributed by atoms with Crippen LogP contribution in [0.5, 0.6) is 0 Å². The topological polar surface area (TPSA) is 93.5 Å². The van der Waals surface area contributed by atoms with Crippen molar-refractivity contribution in [2.24, 2.45) is 0 Å². The van der Waals surface area contributed by atoms with Crippen LogP contribution >= 0.6 is 0 Å². The maximum atomic E-state index is 13.5. The highest BCUT2D eigenvalue weighted by molar-refractivity contribution is 6.01. The van der Waals surface area contributed by atoms with E-state index in [0.29, 0.717) is 5.56 Å². The van der Waals surface area contributed by atoms with E-state index in [0.717, 1.165) is 5.56 Å². The summed E-state index contributed by atoms with van der Waals surface area (Å²) in [6.45, 7) is 3.91. The van der Waals surface area contributed by atoms with Gasteiger partial charge in [0.2, 0.25) is 5.91 Å². The molecule has 34 heavy (non-hydrogen) atoms. The molecular weight excluding hydrogens is 439 g/mol. The molecule has 3 aromatic rings. The Morgan fingerprint density at radius 1 is 1.12 bits per heavy atom. The number of hydrogen-bond acceptors (Lipinski definition) is 5. The Kier molecular flexibility index (Phi) is 6.45. The van der Waals surface area contributed by atoms with Gasteiger partial charge in [0.05, 0.1) is 13.2 Å². The van der Waals surface area contributed by atoms with Crippen molar-refractivity contribution in [3.8, 4) is 0 Å². The van der Waals surface area contributed by atoms with Crippen LogP contribution in [0.4, 0.5) is 4.39 Å². The average Bonchev–Trinajstić information content (AvgIpc) is 3.26. The summed E-state index contributed by atoms with van der Waals surface area (Å²) >= 11 is 0. The Labute approximate surface area is 196 Å². The first-order valence-corrected chi connectivity index (χ1v) is 11.0. The van der Waals surface area contributed by atoms with Crippen molar-refractivity contribution < 1.29 is 23.5 Å². The number of carbonyl (C=O) groups is 3. The number of aromatic nitrogens is 2. The lowest BCUT2D eigenvalue weighted by Crippen LogP contribution is -2.63. The Balaban J connectivity index is 1.67.